The summed E-state index contributed by atoms with van der Waals surface area (Å²) >= 11 is 0. The average Bonchev–Trinajstić information content (AvgIpc) is 2.60. The van der Waals surface area contributed by atoms with Gasteiger partial charge in [-0.3, -0.25) is 5.32 Å². The molecule has 1 aromatic heterocycles. The number of carbonyl (C=O) groups excluding carboxylic acids is 2. The van der Waals surface area contributed by atoms with E-state index in [1.54, 1.807) is 20.8 Å². The highest BCUT2D eigenvalue weighted by Gasteiger charge is 2.22. The number of methoxy groups -OCH3 is 1. The molecule has 0 fully saturated rings. The zero-order valence-electron chi connectivity index (χ0n) is 15.3. The fourth-order valence-electron chi connectivity index (χ4n) is 2.15. The van der Waals surface area contributed by atoms with Gasteiger partial charge in [0.25, 0.3) is 0 Å². The summed E-state index contributed by atoms with van der Waals surface area (Å²) in [6.07, 6.45) is -0.803. The maximum absolute atomic E-state index is 14.8. The van der Waals surface area contributed by atoms with Gasteiger partial charge >= 0.3 is 12.1 Å². The van der Waals surface area contributed by atoms with Crippen LogP contribution in [-0.2, 0) is 9.47 Å². The number of halogens is 1. The quantitative estimate of drug-likeness (QED) is 0.821. The molecule has 0 unspecified atom stereocenters. The number of nitrogens with one attached hydrogen (secondary N) is 1. The summed E-state index contributed by atoms with van der Waals surface area (Å²) in [5.74, 6) is -1.90. The van der Waals surface area contributed by atoms with Gasteiger partial charge < -0.3 is 9.47 Å². The third kappa shape index (κ3) is 5.01. The van der Waals surface area contributed by atoms with Gasteiger partial charge in [-0.2, -0.15) is 5.26 Å². The Hall–Kier alpha value is -3.47. The fourth-order valence-corrected chi connectivity index (χ4v) is 2.15. The number of hydrogen-bond acceptors (Lipinski definition) is 6. The van der Waals surface area contributed by atoms with Gasteiger partial charge in [0.1, 0.15) is 22.7 Å². The molecule has 0 radical (unpaired) electrons. The molecular weight excluding hydrogens is 353 g/mol. The predicted octanol–water partition coefficient (Wildman–Crippen LogP) is 3.89. The molecule has 8 heteroatoms. The van der Waals surface area contributed by atoms with Gasteiger partial charge in [-0.15, -0.1) is 0 Å². The summed E-state index contributed by atoms with van der Waals surface area (Å²) in [6, 6.07) is 8.98. The van der Waals surface area contributed by atoms with E-state index in [1.807, 2.05) is 6.07 Å². The summed E-state index contributed by atoms with van der Waals surface area (Å²) in [4.78, 5) is 28.0. The third-order valence-electron chi connectivity index (χ3n) is 3.28. The summed E-state index contributed by atoms with van der Waals surface area (Å²) in [5.41, 5.74) is -0.600. The monoisotopic (exact) mass is 371 g/mol. The summed E-state index contributed by atoms with van der Waals surface area (Å²) in [7, 11) is 1.12. The lowest BCUT2D eigenvalue weighted by Gasteiger charge is -2.19. The van der Waals surface area contributed by atoms with E-state index in [0.717, 1.165) is 13.2 Å². The molecule has 140 valence electrons. The number of aromatic nitrogens is 1. The first-order valence-corrected chi connectivity index (χ1v) is 7.94. The zero-order valence-corrected chi connectivity index (χ0v) is 15.3. The summed E-state index contributed by atoms with van der Waals surface area (Å²) < 4.78 is 24.5. The normalized spacial score (nSPS) is 10.7. The molecule has 1 amide bonds. The fraction of sp³-hybridized carbons (Fsp3) is 0.263. The molecule has 1 N–H and O–H groups in total. The minimum atomic E-state index is -0.919. The molecule has 0 aliphatic carbocycles. The molecular formula is C19H18FN3O4. The smallest absolute Gasteiger partial charge is 0.413 e. The van der Waals surface area contributed by atoms with Crippen LogP contribution >= 0.6 is 0 Å². The van der Waals surface area contributed by atoms with Crippen LogP contribution in [0.25, 0.3) is 11.3 Å². The molecule has 0 aliphatic heterocycles. The van der Waals surface area contributed by atoms with Gasteiger partial charge in [-0.1, -0.05) is 12.1 Å². The molecule has 0 spiro atoms. The molecule has 1 aromatic carbocycles. The Morgan fingerprint density at radius 2 is 1.85 bits per heavy atom. The Morgan fingerprint density at radius 1 is 1.22 bits per heavy atom. The Labute approximate surface area is 155 Å². The number of benzene rings is 1. The van der Waals surface area contributed by atoms with Crippen LogP contribution in [-0.4, -0.2) is 29.8 Å². The van der Waals surface area contributed by atoms with Crippen LogP contribution in [0.3, 0.4) is 0 Å². The van der Waals surface area contributed by atoms with Gasteiger partial charge in [0.05, 0.1) is 18.7 Å². The van der Waals surface area contributed by atoms with Gasteiger partial charge in [0.2, 0.25) is 0 Å². The number of hydrogen-bond donors (Lipinski definition) is 1. The highest BCUT2D eigenvalue weighted by molar-refractivity contribution is 5.93. The molecule has 1 heterocycles. The Morgan fingerprint density at radius 3 is 2.37 bits per heavy atom. The largest absolute Gasteiger partial charge is 0.465 e. The van der Waals surface area contributed by atoms with Crippen molar-refractivity contribution in [3.05, 3.63) is 47.3 Å². The summed E-state index contributed by atoms with van der Waals surface area (Å²) in [6.45, 7) is 5.06. The van der Waals surface area contributed by atoms with Crippen LogP contribution in [0.15, 0.2) is 30.3 Å². The number of nitrogens with zero attached hydrogens (tertiary/aromatic N) is 2. The second kappa shape index (κ2) is 7.83. The lowest BCUT2D eigenvalue weighted by molar-refractivity contribution is 0.0591. The Bertz CT molecular complexity index is 912. The van der Waals surface area contributed by atoms with Crippen molar-refractivity contribution in [2.75, 3.05) is 12.4 Å². The van der Waals surface area contributed by atoms with E-state index >= 15 is 0 Å². The topological polar surface area (TPSA) is 101 Å². The lowest BCUT2D eigenvalue weighted by Crippen LogP contribution is -2.27. The molecule has 0 atom stereocenters. The number of nitriles is 1. The van der Waals surface area contributed by atoms with Crippen molar-refractivity contribution in [3.8, 4) is 17.3 Å². The third-order valence-corrected chi connectivity index (χ3v) is 3.28. The number of amides is 1. The predicted molar refractivity (Wildman–Crippen MR) is 95.5 cm³/mol. The van der Waals surface area contributed by atoms with Crippen LogP contribution in [0, 0.1) is 17.1 Å². The van der Waals surface area contributed by atoms with Crippen molar-refractivity contribution in [1.29, 1.82) is 5.26 Å². The lowest BCUT2D eigenvalue weighted by atomic mass is 10.1. The average molecular weight is 371 g/mol. The number of carbonyl (C=O) groups is 2. The van der Waals surface area contributed by atoms with Crippen molar-refractivity contribution in [2.24, 2.45) is 0 Å². The second-order valence-electron chi connectivity index (χ2n) is 6.53. The minimum Gasteiger partial charge on any atom is -0.465 e. The minimum absolute atomic E-state index is 0.0783. The zero-order chi connectivity index (χ0) is 20.2. The van der Waals surface area contributed by atoms with Crippen molar-refractivity contribution < 1.29 is 23.5 Å². The number of pyridine rings is 1. The van der Waals surface area contributed by atoms with Crippen LogP contribution in [0.1, 0.15) is 36.7 Å². The first kappa shape index (κ1) is 19.8. The van der Waals surface area contributed by atoms with E-state index < -0.39 is 29.0 Å². The van der Waals surface area contributed by atoms with E-state index in [1.165, 1.54) is 24.3 Å². The molecule has 27 heavy (non-hydrogen) atoms. The van der Waals surface area contributed by atoms with Crippen molar-refractivity contribution in [2.45, 2.75) is 26.4 Å². The first-order chi connectivity index (χ1) is 12.6. The van der Waals surface area contributed by atoms with Crippen LogP contribution in [0.4, 0.5) is 15.0 Å². The maximum atomic E-state index is 14.8. The van der Waals surface area contributed by atoms with E-state index in [4.69, 9.17) is 10.00 Å². The standard InChI is InChI=1S/C19H18FN3O4/c1-19(2,3)27-18(25)23-14-9-13(17(24)26-4)15(20)16(22-14)12-7-5-11(10-21)6-8-12/h5-9H,1-4H3,(H,22,23,25). The number of anilines is 1. The van der Waals surface area contributed by atoms with Gasteiger partial charge in [-0.25, -0.2) is 19.0 Å². The highest BCUT2D eigenvalue weighted by Crippen LogP contribution is 2.27. The Kier molecular flexibility index (Phi) is 5.75. The molecule has 2 rings (SSSR count). The molecule has 0 saturated carbocycles. The molecule has 7 nitrogen and oxygen atoms in total. The van der Waals surface area contributed by atoms with Crippen LogP contribution in [0.2, 0.25) is 0 Å². The van der Waals surface area contributed by atoms with E-state index in [0.29, 0.717) is 11.1 Å². The van der Waals surface area contributed by atoms with Gasteiger partial charge in [-0.05, 0) is 39.0 Å². The van der Waals surface area contributed by atoms with E-state index in [9.17, 15) is 14.0 Å². The van der Waals surface area contributed by atoms with Crippen LogP contribution in [0.5, 0.6) is 0 Å². The second-order valence-corrected chi connectivity index (χ2v) is 6.53. The highest BCUT2D eigenvalue weighted by atomic mass is 19.1. The molecule has 0 aliphatic rings. The Balaban J connectivity index is 2.50. The maximum Gasteiger partial charge on any atom is 0.413 e. The molecule has 0 saturated heterocycles. The number of esters is 1. The van der Waals surface area contributed by atoms with E-state index in [-0.39, 0.29) is 11.5 Å². The van der Waals surface area contributed by atoms with Crippen molar-refractivity contribution >= 4 is 17.9 Å². The summed E-state index contributed by atoms with van der Waals surface area (Å²) in [5, 5.41) is 11.3. The number of rotatable bonds is 3. The SMILES string of the molecule is COC(=O)c1cc(NC(=O)OC(C)(C)C)nc(-c2ccc(C#N)cc2)c1F. The van der Waals surface area contributed by atoms with Gasteiger partial charge in [0.15, 0.2) is 5.82 Å². The van der Waals surface area contributed by atoms with Crippen molar-refractivity contribution in [3.63, 3.8) is 0 Å². The molecule has 2 aromatic rings. The van der Waals surface area contributed by atoms with Gasteiger partial charge in [0, 0.05) is 5.56 Å². The molecule has 0 bridgehead atoms. The van der Waals surface area contributed by atoms with Crippen molar-refractivity contribution in [1.82, 2.24) is 4.98 Å². The first-order valence-electron chi connectivity index (χ1n) is 7.94. The van der Waals surface area contributed by atoms with E-state index in [2.05, 4.69) is 15.0 Å². The van der Waals surface area contributed by atoms with Crippen LogP contribution < -0.4 is 5.32 Å². The number of ether oxygens (including phenoxy) is 2.